The van der Waals surface area contributed by atoms with Crippen molar-refractivity contribution in [3.63, 3.8) is 0 Å². The fraction of sp³-hybridized carbons (Fsp3) is 0.667. The molecule has 190 valence electrons. The second kappa shape index (κ2) is 10.9. The quantitative estimate of drug-likeness (QED) is 0.673. The molecule has 0 bridgehead atoms. The van der Waals surface area contributed by atoms with E-state index >= 15 is 0 Å². The van der Waals surface area contributed by atoms with Crippen LogP contribution in [0.25, 0.3) is 0 Å². The molecule has 0 aromatic heterocycles. The topological polar surface area (TPSA) is 105 Å². The van der Waals surface area contributed by atoms with Gasteiger partial charge in [-0.2, -0.15) is 0 Å². The van der Waals surface area contributed by atoms with Gasteiger partial charge < -0.3 is 19.3 Å². The first-order chi connectivity index (χ1) is 16.1. The summed E-state index contributed by atoms with van der Waals surface area (Å²) in [6.07, 6.45) is 2.64. The average Bonchev–Trinajstić information content (AvgIpc) is 2.76. The second-order valence-electron chi connectivity index (χ2n) is 9.43. The van der Waals surface area contributed by atoms with Crippen molar-refractivity contribution in [1.29, 1.82) is 0 Å². The number of anilines is 1. The maximum absolute atomic E-state index is 13.3. The summed E-state index contributed by atoms with van der Waals surface area (Å²) in [6, 6.07) is 4.47. The van der Waals surface area contributed by atoms with Gasteiger partial charge in [0.2, 0.25) is 15.9 Å². The highest BCUT2D eigenvalue weighted by molar-refractivity contribution is 7.92. The monoisotopic (exact) mass is 495 g/mol. The summed E-state index contributed by atoms with van der Waals surface area (Å²) in [5, 5.41) is 0. The van der Waals surface area contributed by atoms with Crippen molar-refractivity contribution in [1.82, 2.24) is 9.80 Å². The van der Waals surface area contributed by atoms with Crippen molar-refractivity contribution in [2.75, 3.05) is 44.3 Å². The minimum Gasteiger partial charge on any atom is -0.491 e. The first kappa shape index (κ1) is 26.3. The summed E-state index contributed by atoms with van der Waals surface area (Å²) in [6.45, 7) is 6.58. The zero-order valence-corrected chi connectivity index (χ0v) is 21.6. The Bertz CT molecular complexity index is 994. The summed E-state index contributed by atoms with van der Waals surface area (Å²) >= 11 is 0. The Morgan fingerprint density at radius 3 is 2.53 bits per heavy atom. The molecule has 0 spiro atoms. The molecule has 0 saturated heterocycles. The molecule has 0 radical (unpaired) electrons. The number of nitrogens with zero attached hydrogens (tertiary/aromatic N) is 2. The highest BCUT2D eigenvalue weighted by atomic mass is 32.2. The van der Waals surface area contributed by atoms with Crippen molar-refractivity contribution >= 4 is 27.5 Å². The van der Waals surface area contributed by atoms with E-state index < -0.39 is 10.0 Å². The van der Waals surface area contributed by atoms with Gasteiger partial charge in [0, 0.05) is 44.8 Å². The number of carbonyl (C=O) groups is 2. The molecule has 9 nitrogen and oxygen atoms in total. The minimum atomic E-state index is -3.50. The molecule has 34 heavy (non-hydrogen) atoms. The standard InChI is InChI=1S/C24H37N3O6S/c1-6-34(30,31)25-19-10-11-21-20(12-19)24(29)26(4)14-22(32-5)16(2)13-27(17(3)15-33-21)23(28)18-8-7-9-18/h10-12,16-18,22,25H,6-9,13-15H2,1-5H3/t16-,17+,22-/m0/s1. The molecular weight excluding hydrogens is 458 g/mol. The molecule has 1 saturated carbocycles. The molecule has 1 aromatic rings. The van der Waals surface area contributed by atoms with Crippen molar-refractivity contribution in [3.05, 3.63) is 23.8 Å². The number of methoxy groups -OCH3 is 1. The van der Waals surface area contributed by atoms with E-state index in [1.807, 2.05) is 18.7 Å². The third-order valence-corrected chi connectivity index (χ3v) is 8.14. The van der Waals surface area contributed by atoms with Crippen molar-refractivity contribution in [3.8, 4) is 5.75 Å². The number of hydrogen-bond donors (Lipinski definition) is 1. The highest BCUT2D eigenvalue weighted by Crippen LogP contribution is 2.31. The van der Waals surface area contributed by atoms with E-state index in [-0.39, 0.29) is 53.7 Å². The Morgan fingerprint density at radius 2 is 1.94 bits per heavy atom. The lowest BCUT2D eigenvalue weighted by molar-refractivity contribution is -0.142. The van der Waals surface area contributed by atoms with Crippen LogP contribution in [-0.2, 0) is 19.6 Å². The highest BCUT2D eigenvalue weighted by Gasteiger charge is 2.35. The van der Waals surface area contributed by atoms with Gasteiger partial charge in [0.25, 0.3) is 5.91 Å². The lowest BCUT2D eigenvalue weighted by atomic mass is 9.83. The maximum Gasteiger partial charge on any atom is 0.257 e. The Morgan fingerprint density at radius 1 is 1.24 bits per heavy atom. The number of rotatable bonds is 5. The lowest BCUT2D eigenvalue weighted by Crippen LogP contribution is -2.51. The second-order valence-corrected chi connectivity index (χ2v) is 11.4. The molecule has 1 aliphatic heterocycles. The molecular formula is C24H37N3O6S. The van der Waals surface area contributed by atoms with E-state index in [1.165, 1.54) is 6.07 Å². The van der Waals surface area contributed by atoms with Crippen LogP contribution in [-0.4, -0.2) is 81.8 Å². The molecule has 1 fully saturated rings. The van der Waals surface area contributed by atoms with Gasteiger partial charge in [0.05, 0.1) is 23.5 Å². The van der Waals surface area contributed by atoms with E-state index in [2.05, 4.69) is 4.72 Å². The number of amides is 2. The zero-order chi connectivity index (χ0) is 25.0. The summed E-state index contributed by atoms with van der Waals surface area (Å²) < 4.78 is 38.4. The van der Waals surface area contributed by atoms with E-state index in [0.717, 1.165) is 19.3 Å². The van der Waals surface area contributed by atoms with Crippen molar-refractivity contribution in [2.24, 2.45) is 11.8 Å². The van der Waals surface area contributed by atoms with Gasteiger partial charge in [0.15, 0.2) is 0 Å². The van der Waals surface area contributed by atoms with Gasteiger partial charge in [-0.1, -0.05) is 13.3 Å². The van der Waals surface area contributed by atoms with Gasteiger partial charge in [-0.15, -0.1) is 0 Å². The molecule has 2 amide bonds. The first-order valence-corrected chi connectivity index (χ1v) is 13.6. The number of ether oxygens (including phenoxy) is 2. The number of sulfonamides is 1. The zero-order valence-electron chi connectivity index (χ0n) is 20.7. The molecule has 1 N–H and O–H groups in total. The van der Waals surface area contributed by atoms with Crippen LogP contribution in [0.1, 0.15) is 50.4 Å². The maximum atomic E-state index is 13.3. The third kappa shape index (κ3) is 6.02. The molecule has 0 unspecified atom stereocenters. The van der Waals surface area contributed by atoms with Crippen LogP contribution in [0.2, 0.25) is 0 Å². The predicted molar refractivity (Wildman–Crippen MR) is 130 cm³/mol. The normalized spacial score (nSPS) is 24.9. The van der Waals surface area contributed by atoms with Crippen LogP contribution in [0.15, 0.2) is 18.2 Å². The molecule has 10 heteroatoms. The van der Waals surface area contributed by atoms with Gasteiger partial charge in [-0.25, -0.2) is 8.42 Å². The van der Waals surface area contributed by atoms with Crippen molar-refractivity contribution in [2.45, 2.75) is 52.2 Å². The molecule has 1 heterocycles. The number of nitrogens with one attached hydrogen (secondary N) is 1. The van der Waals surface area contributed by atoms with Crippen LogP contribution < -0.4 is 9.46 Å². The Hall–Kier alpha value is -2.33. The molecule has 3 rings (SSSR count). The SMILES string of the molecule is CCS(=O)(=O)Nc1ccc2c(c1)C(=O)N(C)C[C@H](OC)[C@@H](C)CN(C(=O)C1CCC1)[C@H](C)CO2. The molecule has 1 aromatic carbocycles. The van der Waals surface area contributed by atoms with E-state index in [0.29, 0.717) is 24.5 Å². The number of fused-ring (bicyclic) bond motifs is 1. The van der Waals surface area contributed by atoms with Crippen molar-refractivity contribution < 1.29 is 27.5 Å². The van der Waals surface area contributed by atoms with Gasteiger partial charge in [-0.05, 0) is 44.9 Å². The predicted octanol–water partition coefficient (Wildman–Crippen LogP) is 2.58. The Kier molecular flexibility index (Phi) is 8.46. The van der Waals surface area contributed by atoms with Crippen LogP contribution >= 0.6 is 0 Å². The number of likely N-dealkylation sites (N-methyl/N-ethyl adjacent to an activating group) is 1. The largest absolute Gasteiger partial charge is 0.491 e. The number of hydrogen-bond acceptors (Lipinski definition) is 6. The van der Waals surface area contributed by atoms with Crippen LogP contribution in [0.4, 0.5) is 5.69 Å². The third-order valence-electron chi connectivity index (χ3n) is 6.84. The van der Waals surface area contributed by atoms with Crippen LogP contribution in [0, 0.1) is 11.8 Å². The Labute approximate surface area is 202 Å². The van der Waals surface area contributed by atoms with Crippen LogP contribution in [0.5, 0.6) is 5.75 Å². The summed E-state index contributed by atoms with van der Waals surface area (Å²) in [4.78, 5) is 30.0. The number of carbonyl (C=O) groups excluding carboxylic acids is 2. The summed E-state index contributed by atoms with van der Waals surface area (Å²) in [5.41, 5.74) is 0.551. The van der Waals surface area contributed by atoms with Gasteiger partial charge in [0.1, 0.15) is 12.4 Å². The average molecular weight is 496 g/mol. The van der Waals surface area contributed by atoms with E-state index in [4.69, 9.17) is 9.47 Å². The van der Waals surface area contributed by atoms with Gasteiger partial charge >= 0.3 is 0 Å². The Balaban J connectivity index is 1.96. The fourth-order valence-electron chi connectivity index (χ4n) is 4.29. The lowest BCUT2D eigenvalue weighted by Gasteiger charge is -2.39. The summed E-state index contributed by atoms with van der Waals surface area (Å²) in [7, 11) is -0.208. The van der Waals surface area contributed by atoms with E-state index in [9.17, 15) is 18.0 Å². The minimum absolute atomic E-state index is 0.00618. The van der Waals surface area contributed by atoms with E-state index in [1.54, 1.807) is 38.1 Å². The first-order valence-electron chi connectivity index (χ1n) is 11.9. The summed E-state index contributed by atoms with van der Waals surface area (Å²) in [5.74, 6) is 0.182. The van der Waals surface area contributed by atoms with Gasteiger partial charge in [-0.3, -0.25) is 14.3 Å². The molecule has 1 aliphatic carbocycles. The fourth-order valence-corrected chi connectivity index (χ4v) is 4.92. The molecule has 3 atom stereocenters. The molecule has 2 aliphatic rings. The number of benzene rings is 1. The van der Waals surface area contributed by atoms with Crippen LogP contribution in [0.3, 0.4) is 0 Å². The smallest absolute Gasteiger partial charge is 0.257 e.